The Kier molecular flexibility index (Phi) is 4.83. The zero-order valence-corrected chi connectivity index (χ0v) is 11.3. The molecule has 0 spiro atoms. The Hall–Kier alpha value is -0.120. The van der Waals surface area contributed by atoms with Crippen LogP contribution < -0.4 is 5.32 Å². The summed E-state index contributed by atoms with van der Waals surface area (Å²) < 4.78 is 11.6. The van der Waals surface area contributed by atoms with Crippen molar-refractivity contribution in [3.05, 3.63) is 0 Å². The molecule has 1 aliphatic carbocycles. The van der Waals surface area contributed by atoms with Gasteiger partial charge in [-0.3, -0.25) is 0 Å². The summed E-state index contributed by atoms with van der Waals surface area (Å²) in [5.74, 6) is 0. The van der Waals surface area contributed by atoms with E-state index in [0.717, 1.165) is 32.6 Å². The van der Waals surface area contributed by atoms with Crippen LogP contribution in [0.15, 0.2) is 0 Å². The van der Waals surface area contributed by atoms with Crippen LogP contribution in [-0.2, 0) is 9.47 Å². The van der Waals surface area contributed by atoms with E-state index in [1.54, 1.807) is 0 Å². The lowest BCUT2D eigenvalue weighted by atomic mass is 9.94. The van der Waals surface area contributed by atoms with Crippen LogP contribution in [0.2, 0.25) is 0 Å². The van der Waals surface area contributed by atoms with Gasteiger partial charge in [0.25, 0.3) is 0 Å². The van der Waals surface area contributed by atoms with E-state index in [0.29, 0.717) is 12.1 Å². The summed E-state index contributed by atoms with van der Waals surface area (Å²) in [6.07, 6.45) is 8.03. The standard InChI is InChI=1S/C14H27NO2/c1-14(2)11-12(7-9-17-14)15-8-10-16-13-5-3-4-6-13/h12-13,15H,3-11H2,1-2H3. The molecule has 0 aromatic carbocycles. The Morgan fingerprint density at radius 2 is 2.00 bits per heavy atom. The van der Waals surface area contributed by atoms with E-state index in [4.69, 9.17) is 9.47 Å². The number of nitrogens with one attached hydrogen (secondary N) is 1. The van der Waals surface area contributed by atoms with Crippen molar-refractivity contribution in [2.75, 3.05) is 19.8 Å². The molecule has 1 atom stereocenters. The number of ether oxygens (including phenoxy) is 2. The van der Waals surface area contributed by atoms with E-state index in [1.807, 2.05) is 0 Å². The van der Waals surface area contributed by atoms with Crippen LogP contribution in [0.3, 0.4) is 0 Å². The minimum Gasteiger partial charge on any atom is -0.377 e. The summed E-state index contributed by atoms with van der Waals surface area (Å²) in [4.78, 5) is 0. The van der Waals surface area contributed by atoms with E-state index < -0.39 is 0 Å². The summed E-state index contributed by atoms with van der Waals surface area (Å²) in [6.45, 7) is 7.08. The quantitative estimate of drug-likeness (QED) is 0.750. The second kappa shape index (κ2) is 6.17. The highest BCUT2D eigenvalue weighted by atomic mass is 16.5. The molecule has 0 radical (unpaired) electrons. The summed E-state index contributed by atoms with van der Waals surface area (Å²) in [7, 11) is 0. The molecular formula is C14H27NO2. The fourth-order valence-electron chi connectivity index (χ4n) is 2.95. The van der Waals surface area contributed by atoms with Crippen LogP contribution in [-0.4, -0.2) is 37.5 Å². The van der Waals surface area contributed by atoms with Gasteiger partial charge in [0.05, 0.1) is 18.3 Å². The second-order valence-corrected chi connectivity index (χ2v) is 6.03. The van der Waals surface area contributed by atoms with Crippen molar-refractivity contribution in [2.45, 2.75) is 70.1 Å². The lowest BCUT2D eigenvalue weighted by molar-refractivity contribution is -0.0638. The lowest BCUT2D eigenvalue weighted by Crippen LogP contribution is -2.44. The molecule has 100 valence electrons. The zero-order chi connectivity index (χ0) is 12.1. The molecule has 2 fully saturated rings. The topological polar surface area (TPSA) is 30.5 Å². The number of hydrogen-bond donors (Lipinski definition) is 1. The lowest BCUT2D eigenvalue weighted by Gasteiger charge is -2.36. The van der Waals surface area contributed by atoms with E-state index in [9.17, 15) is 0 Å². The minimum absolute atomic E-state index is 0.0439. The third-order valence-corrected chi connectivity index (χ3v) is 3.89. The van der Waals surface area contributed by atoms with Gasteiger partial charge < -0.3 is 14.8 Å². The van der Waals surface area contributed by atoms with Crippen LogP contribution in [0.4, 0.5) is 0 Å². The summed E-state index contributed by atoms with van der Waals surface area (Å²) in [5, 5.41) is 3.60. The van der Waals surface area contributed by atoms with Crippen molar-refractivity contribution in [1.82, 2.24) is 5.32 Å². The van der Waals surface area contributed by atoms with Crippen molar-refractivity contribution in [3.8, 4) is 0 Å². The van der Waals surface area contributed by atoms with Crippen molar-refractivity contribution < 1.29 is 9.47 Å². The van der Waals surface area contributed by atoms with Crippen molar-refractivity contribution in [1.29, 1.82) is 0 Å². The maximum atomic E-state index is 5.85. The van der Waals surface area contributed by atoms with Gasteiger partial charge in [-0.25, -0.2) is 0 Å². The third kappa shape index (κ3) is 4.57. The Balaban J connectivity index is 1.55. The Morgan fingerprint density at radius 3 is 2.71 bits per heavy atom. The predicted octanol–water partition coefficient (Wildman–Crippen LogP) is 2.49. The normalized spacial score (nSPS) is 29.6. The molecule has 17 heavy (non-hydrogen) atoms. The van der Waals surface area contributed by atoms with Crippen molar-refractivity contribution >= 4 is 0 Å². The molecular weight excluding hydrogens is 214 g/mol. The van der Waals surface area contributed by atoms with E-state index in [-0.39, 0.29) is 5.60 Å². The first-order valence-electron chi connectivity index (χ1n) is 7.15. The second-order valence-electron chi connectivity index (χ2n) is 6.03. The summed E-state index contributed by atoms with van der Waals surface area (Å²) in [5.41, 5.74) is 0.0439. The molecule has 2 rings (SSSR count). The van der Waals surface area contributed by atoms with Gasteiger partial charge in [0.2, 0.25) is 0 Å². The predicted molar refractivity (Wildman–Crippen MR) is 69.3 cm³/mol. The molecule has 0 aromatic heterocycles. The van der Waals surface area contributed by atoms with Gasteiger partial charge in [0, 0.05) is 19.2 Å². The Labute approximate surface area is 105 Å². The average Bonchev–Trinajstić information content (AvgIpc) is 2.76. The van der Waals surface area contributed by atoms with Crippen LogP contribution in [0, 0.1) is 0 Å². The molecule has 1 saturated carbocycles. The fourth-order valence-corrected chi connectivity index (χ4v) is 2.95. The monoisotopic (exact) mass is 241 g/mol. The SMILES string of the molecule is CC1(C)CC(NCCOC2CCCC2)CCO1. The molecule has 1 unspecified atom stereocenters. The van der Waals surface area contributed by atoms with Gasteiger partial charge in [0.15, 0.2) is 0 Å². The zero-order valence-electron chi connectivity index (χ0n) is 11.3. The average molecular weight is 241 g/mol. The summed E-state index contributed by atoms with van der Waals surface area (Å²) in [6, 6.07) is 0.603. The maximum Gasteiger partial charge on any atom is 0.0641 e. The fraction of sp³-hybridized carbons (Fsp3) is 1.00. The molecule has 1 N–H and O–H groups in total. The highest BCUT2D eigenvalue weighted by molar-refractivity contribution is 4.82. The number of hydrogen-bond acceptors (Lipinski definition) is 3. The maximum absolute atomic E-state index is 5.85. The molecule has 3 heteroatoms. The van der Waals surface area contributed by atoms with E-state index in [1.165, 1.54) is 25.7 Å². The molecule has 0 amide bonds. The molecule has 3 nitrogen and oxygen atoms in total. The van der Waals surface area contributed by atoms with Gasteiger partial charge in [-0.15, -0.1) is 0 Å². The highest BCUT2D eigenvalue weighted by Gasteiger charge is 2.28. The molecule has 1 aliphatic heterocycles. The van der Waals surface area contributed by atoms with Gasteiger partial charge >= 0.3 is 0 Å². The van der Waals surface area contributed by atoms with E-state index in [2.05, 4.69) is 19.2 Å². The molecule has 0 aromatic rings. The Bertz CT molecular complexity index is 224. The summed E-state index contributed by atoms with van der Waals surface area (Å²) >= 11 is 0. The highest BCUT2D eigenvalue weighted by Crippen LogP contribution is 2.24. The first kappa shape index (κ1) is 13.3. The Morgan fingerprint density at radius 1 is 1.24 bits per heavy atom. The van der Waals surface area contributed by atoms with Gasteiger partial charge in [-0.1, -0.05) is 12.8 Å². The minimum atomic E-state index is 0.0439. The van der Waals surface area contributed by atoms with Gasteiger partial charge in [0.1, 0.15) is 0 Å². The molecule has 1 saturated heterocycles. The molecule has 1 heterocycles. The van der Waals surface area contributed by atoms with Gasteiger partial charge in [-0.05, 0) is 39.5 Å². The number of rotatable bonds is 5. The van der Waals surface area contributed by atoms with Crippen LogP contribution in [0.1, 0.15) is 52.4 Å². The smallest absolute Gasteiger partial charge is 0.0641 e. The molecule has 2 aliphatic rings. The van der Waals surface area contributed by atoms with Gasteiger partial charge in [-0.2, -0.15) is 0 Å². The third-order valence-electron chi connectivity index (χ3n) is 3.89. The largest absolute Gasteiger partial charge is 0.377 e. The van der Waals surface area contributed by atoms with Crippen molar-refractivity contribution in [3.63, 3.8) is 0 Å². The van der Waals surface area contributed by atoms with Crippen molar-refractivity contribution in [2.24, 2.45) is 0 Å². The van der Waals surface area contributed by atoms with Crippen LogP contribution in [0.5, 0.6) is 0 Å². The van der Waals surface area contributed by atoms with Crippen LogP contribution in [0.25, 0.3) is 0 Å². The molecule has 0 bridgehead atoms. The first-order valence-corrected chi connectivity index (χ1v) is 7.15. The first-order chi connectivity index (χ1) is 8.16. The van der Waals surface area contributed by atoms with Crippen LogP contribution >= 0.6 is 0 Å². The van der Waals surface area contributed by atoms with E-state index >= 15 is 0 Å².